The molecule has 2 N–H and O–H groups in total. The third kappa shape index (κ3) is 4.77. The van der Waals surface area contributed by atoms with Crippen molar-refractivity contribution in [2.45, 2.75) is 19.9 Å². The summed E-state index contributed by atoms with van der Waals surface area (Å²) < 4.78 is 0. The van der Waals surface area contributed by atoms with Crippen molar-refractivity contribution in [1.29, 1.82) is 0 Å². The van der Waals surface area contributed by atoms with Gasteiger partial charge in [0.1, 0.15) is 0 Å². The SMILES string of the molecule is C/C(=C\c1ccccc1)CN[C@H](C)CO. The van der Waals surface area contributed by atoms with Crippen LogP contribution in [0.1, 0.15) is 19.4 Å². The van der Waals surface area contributed by atoms with Crippen molar-refractivity contribution in [1.82, 2.24) is 5.32 Å². The first-order valence-electron chi connectivity index (χ1n) is 5.29. The summed E-state index contributed by atoms with van der Waals surface area (Å²) >= 11 is 0. The molecule has 0 aliphatic carbocycles. The number of nitrogens with one attached hydrogen (secondary N) is 1. The maximum absolute atomic E-state index is 8.86. The molecule has 0 bridgehead atoms. The molecule has 1 rings (SSSR count). The van der Waals surface area contributed by atoms with Gasteiger partial charge in [-0.3, -0.25) is 0 Å². The summed E-state index contributed by atoms with van der Waals surface area (Å²) in [4.78, 5) is 0. The van der Waals surface area contributed by atoms with Crippen molar-refractivity contribution in [3.05, 3.63) is 41.5 Å². The van der Waals surface area contributed by atoms with Crippen molar-refractivity contribution in [3.8, 4) is 0 Å². The van der Waals surface area contributed by atoms with Gasteiger partial charge in [0.25, 0.3) is 0 Å². The lowest BCUT2D eigenvalue weighted by Crippen LogP contribution is -2.30. The zero-order chi connectivity index (χ0) is 11.1. The van der Waals surface area contributed by atoms with Crippen molar-refractivity contribution in [2.75, 3.05) is 13.2 Å². The lowest BCUT2D eigenvalue weighted by Gasteiger charge is -2.10. The Labute approximate surface area is 91.6 Å². The molecule has 0 spiro atoms. The van der Waals surface area contributed by atoms with Crippen molar-refractivity contribution in [3.63, 3.8) is 0 Å². The molecule has 0 aromatic heterocycles. The molecule has 0 heterocycles. The summed E-state index contributed by atoms with van der Waals surface area (Å²) in [6.07, 6.45) is 2.15. The molecule has 0 unspecified atom stereocenters. The molecule has 2 heteroatoms. The van der Waals surface area contributed by atoms with Crippen molar-refractivity contribution >= 4 is 6.08 Å². The minimum atomic E-state index is 0.157. The van der Waals surface area contributed by atoms with E-state index in [0.717, 1.165) is 6.54 Å². The molecule has 0 aliphatic heterocycles. The van der Waals surface area contributed by atoms with E-state index in [2.05, 4.69) is 30.4 Å². The number of rotatable bonds is 5. The number of hydrogen-bond acceptors (Lipinski definition) is 2. The molecule has 1 aromatic carbocycles. The van der Waals surface area contributed by atoms with E-state index in [9.17, 15) is 0 Å². The van der Waals surface area contributed by atoms with Gasteiger partial charge in [0.15, 0.2) is 0 Å². The average molecular weight is 205 g/mol. The highest BCUT2D eigenvalue weighted by atomic mass is 16.3. The second kappa shape index (κ2) is 6.38. The molecular formula is C13H19NO. The molecule has 15 heavy (non-hydrogen) atoms. The fourth-order valence-electron chi connectivity index (χ4n) is 1.28. The molecule has 0 saturated heterocycles. The zero-order valence-electron chi connectivity index (χ0n) is 9.40. The lowest BCUT2D eigenvalue weighted by atomic mass is 10.1. The smallest absolute Gasteiger partial charge is 0.0582 e. The normalized spacial score (nSPS) is 13.9. The fraction of sp³-hybridized carbons (Fsp3) is 0.385. The van der Waals surface area contributed by atoms with Crippen LogP contribution in [0.25, 0.3) is 6.08 Å². The average Bonchev–Trinajstić information content (AvgIpc) is 2.27. The van der Waals surface area contributed by atoms with E-state index in [1.165, 1.54) is 11.1 Å². The van der Waals surface area contributed by atoms with Gasteiger partial charge in [-0.05, 0) is 19.4 Å². The number of aliphatic hydroxyl groups is 1. The molecule has 0 saturated carbocycles. The van der Waals surface area contributed by atoms with E-state index in [4.69, 9.17) is 5.11 Å². The van der Waals surface area contributed by atoms with Crippen LogP contribution in [0.5, 0.6) is 0 Å². The second-order valence-electron chi connectivity index (χ2n) is 3.87. The highest BCUT2D eigenvalue weighted by Gasteiger charge is 1.97. The monoisotopic (exact) mass is 205 g/mol. The Morgan fingerprint density at radius 1 is 1.40 bits per heavy atom. The molecule has 82 valence electrons. The van der Waals surface area contributed by atoms with E-state index >= 15 is 0 Å². The van der Waals surface area contributed by atoms with Crippen LogP contribution in [0.4, 0.5) is 0 Å². The highest BCUT2D eigenvalue weighted by Crippen LogP contribution is 2.05. The number of aliphatic hydroxyl groups excluding tert-OH is 1. The summed E-state index contributed by atoms with van der Waals surface area (Å²) in [7, 11) is 0. The Bertz CT molecular complexity index is 306. The van der Waals surface area contributed by atoms with Gasteiger partial charge in [0.2, 0.25) is 0 Å². The summed E-state index contributed by atoms with van der Waals surface area (Å²) in [6.45, 7) is 5.05. The number of hydrogen-bond donors (Lipinski definition) is 2. The maximum Gasteiger partial charge on any atom is 0.0582 e. The predicted octanol–water partition coefficient (Wildman–Crippen LogP) is 2.06. The van der Waals surface area contributed by atoms with E-state index in [1.807, 2.05) is 25.1 Å². The van der Waals surface area contributed by atoms with E-state index in [0.29, 0.717) is 0 Å². The Morgan fingerprint density at radius 2 is 2.07 bits per heavy atom. The van der Waals surface area contributed by atoms with Gasteiger partial charge in [0.05, 0.1) is 6.61 Å². The summed E-state index contributed by atoms with van der Waals surface area (Å²) in [6, 6.07) is 10.4. The van der Waals surface area contributed by atoms with Crippen molar-refractivity contribution in [2.24, 2.45) is 0 Å². The first-order valence-corrected chi connectivity index (χ1v) is 5.29. The van der Waals surface area contributed by atoms with Gasteiger partial charge in [-0.25, -0.2) is 0 Å². The van der Waals surface area contributed by atoms with Crippen LogP contribution in [0, 0.1) is 0 Å². The molecule has 0 radical (unpaired) electrons. The van der Waals surface area contributed by atoms with Crippen molar-refractivity contribution < 1.29 is 5.11 Å². The van der Waals surface area contributed by atoms with Crippen LogP contribution >= 0.6 is 0 Å². The van der Waals surface area contributed by atoms with Gasteiger partial charge in [-0.1, -0.05) is 42.0 Å². The maximum atomic E-state index is 8.86. The number of benzene rings is 1. The minimum absolute atomic E-state index is 0.157. The molecular weight excluding hydrogens is 186 g/mol. The largest absolute Gasteiger partial charge is 0.395 e. The summed E-state index contributed by atoms with van der Waals surface area (Å²) in [5.41, 5.74) is 2.48. The molecule has 0 aliphatic rings. The lowest BCUT2D eigenvalue weighted by molar-refractivity contribution is 0.254. The molecule has 0 fully saturated rings. The molecule has 0 amide bonds. The van der Waals surface area contributed by atoms with Gasteiger partial charge >= 0.3 is 0 Å². The summed E-state index contributed by atoms with van der Waals surface area (Å²) in [5.74, 6) is 0. The Kier molecular flexibility index (Phi) is 5.08. The van der Waals surface area contributed by atoms with Crippen LogP contribution < -0.4 is 5.32 Å². The van der Waals surface area contributed by atoms with Gasteiger partial charge in [-0.2, -0.15) is 0 Å². The van der Waals surface area contributed by atoms with Crippen LogP contribution in [0.3, 0.4) is 0 Å². The third-order valence-corrected chi connectivity index (χ3v) is 2.22. The van der Waals surface area contributed by atoms with E-state index in [1.54, 1.807) is 0 Å². The summed E-state index contributed by atoms with van der Waals surface area (Å²) in [5, 5.41) is 12.1. The van der Waals surface area contributed by atoms with Crippen LogP contribution in [-0.2, 0) is 0 Å². The Hall–Kier alpha value is -1.12. The molecule has 2 nitrogen and oxygen atoms in total. The first kappa shape index (κ1) is 12.0. The second-order valence-corrected chi connectivity index (χ2v) is 3.87. The van der Waals surface area contributed by atoms with E-state index in [-0.39, 0.29) is 12.6 Å². The van der Waals surface area contributed by atoms with Crippen LogP contribution in [0.2, 0.25) is 0 Å². The standard InChI is InChI=1S/C13H19NO/c1-11(9-14-12(2)10-15)8-13-6-4-3-5-7-13/h3-8,12,14-15H,9-10H2,1-2H3/b11-8+/t12-/m1/s1. The first-order chi connectivity index (χ1) is 7.22. The fourth-order valence-corrected chi connectivity index (χ4v) is 1.28. The Balaban J connectivity index is 2.46. The Morgan fingerprint density at radius 3 is 2.67 bits per heavy atom. The topological polar surface area (TPSA) is 32.3 Å². The molecule has 1 aromatic rings. The van der Waals surface area contributed by atoms with Crippen LogP contribution in [-0.4, -0.2) is 24.3 Å². The minimum Gasteiger partial charge on any atom is -0.395 e. The molecule has 1 atom stereocenters. The third-order valence-electron chi connectivity index (χ3n) is 2.22. The van der Waals surface area contributed by atoms with Gasteiger partial charge < -0.3 is 10.4 Å². The van der Waals surface area contributed by atoms with Gasteiger partial charge in [0, 0.05) is 12.6 Å². The highest BCUT2D eigenvalue weighted by molar-refractivity contribution is 5.52. The van der Waals surface area contributed by atoms with E-state index < -0.39 is 0 Å². The quantitative estimate of drug-likeness (QED) is 0.771. The van der Waals surface area contributed by atoms with Crippen LogP contribution in [0.15, 0.2) is 35.9 Å². The van der Waals surface area contributed by atoms with Gasteiger partial charge in [-0.15, -0.1) is 0 Å². The zero-order valence-corrected chi connectivity index (χ0v) is 9.40. The predicted molar refractivity (Wildman–Crippen MR) is 64.6 cm³/mol.